The number of anilines is 1. The number of hydrogen-bond acceptors (Lipinski definition) is 3. The molecule has 1 N–H and O–H groups in total. The van der Waals surface area contributed by atoms with Crippen LogP contribution in [0.2, 0.25) is 0 Å². The standard InChI is InChI=1S/C11H11N3S/c1-14-11-8(7-13-14)6-12-9-4-2-3-5-10(9)15-11/h2-5,7,12H,6H2,1H3. The van der Waals surface area contributed by atoms with Crippen LogP contribution in [0.5, 0.6) is 0 Å². The summed E-state index contributed by atoms with van der Waals surface area (Å²) >= 11 is 1.77. The summed E-state index contributed by atoms with van der Waals surface area (Å²) < 4.78 is 1.93. The van der Waals surface area contributed by atoms with Crippen LogP contribution in [0.15, 0.2) is 40.4 Å². The second-order valence-electron chi connectivity index (χ2n) is 3.55. The number of fused-ring (bicyclic) bond motifs is 2. The van der Waals surface area contributed by atoms with Gasteiger partial charge >= 0.3 is 0 Å². The zero-order chi connectivity index (χ0) is 10.3. The van der Waals surface area contributed by atoms with Gasteiger partial charge in [0.15, 0.2) is 0 Å². The summed E-state index contributed by atoms with van der Waals surface area (Å²) in [6.45, 7) is 0.854. The van der Waals surface area contributed by atoms with E-state index in [0.29, 0.717) is 0 Å². The second kappa shape index (κ2) is 3.31. The maximum atomic E-state index is 4.27. The van der Waals surface area contributed by atoms with E-state index >= 15 is 0 Å². The maximum Gasteiger partial charge on any atom is 0.103 e. The fourth-order valence-electron chi connectivity index (χ4n) is 1.72. The highest BCUT2D eigenvalue weighted by Gasteiger charge is 2.15. The van der Waals surface area contributed by atoms with Gasteiger partial charge in [0.25, 0.3) is 0 Å². The Morgan fingerprint density at radius 3 is 3.20 bits per heavy atom. The third-order valence-corrected chi connectivity index (χ3v) is 3.81. The molecule has 76 valence electrons. The normalized spacial score (nSPS) is 13.7. The molecule has 0 fully saturated rings. The summed E-state index contributed by atoms with van der Waals surface area (Å²) in [5.41, 5.74) is 2.47. The number of nitrogens with zero attached hydrogens (tertiary/aromatic N) is 2. The molecule has 0 saturated carbocycles. The summed E-state index contributed by atoms with van der Waals surface area (Å²) in [5.74, 6) is 0. The summed E-state index contributed by atoms with van der Waals surface area (Å²) in [7, 11) is 1.99. The predicted molar refractivity (Wildman–Crippen MR) is 61.1 cm³/mol. The van der Waals surface area contributed by atoms with Gasteiger partial charge in [-0.05, 0) is 12.1 Å². The number of benzene rings is 1. The highest BCUT2D eigenvalue weighted by atomic mass is 32.2. The molecule has 4 heteroatoms. The molecule has 3 nitrogen and oxygen atoms in total. The molecule has 0 spiro atoms. The van der Waals surface area contributed by atoms with Crippen molar-refractivity contribution in [2.75, 3.05) is 5.32 Å². The van der Waals surface area contributed by atoms with Crippen molar-refractivity contribution in [3.05, 3.63) is 36.0 Å². The predicted octanol–water partition coefficient (Wildman–Crippen LogP) is 2.50. The number of para-hydroxylation sites is 1. The molecule has 1 aromatic heterocycles. The molecule has 0 bridgehead atoms. The van der Waals surface area contributed by atoms with Crippen molar-refractivity contribution in [1.29, 1.82) is 0 Å². The monoisotopic (exact) mass is 217 g/mol. The molecule has 2 heterocycles. The van der Waals surface area contributed by atoms with E-state index in [1.54, 1.807) is 11.8 Å². The first-order chi connectivity index (χ1) is 7.34. The van der Waals surface area contributed by atoms with Gasteiger partial charge in [0.2, 0.25) is 0 Å². The minimum Gasteiger partial charge on any atom is -0.380 e. The first-order valence-electron chi connectivity index (χ1n) is 4.86. The van der Waals surface area contributed by atoms with E-state index in [1.807, 2.05) is 17.9 Å². The molecule has 3 rings (SSSR count). The lowest BCUT2D eigenvalue weighted by molar-refractivity contribution is 0.695. The Kier molecular flexibility index (Phi) is 1.95. The van der Waals surface area contributed by atoms with Crippen LogP contribution in [-0.4, -0.2) is 9.78 Å². The number of rotatable bonds is 0. The van der Waals surface area contributed by atoms with Crippen LogP contribution in [0.25, 0.3) is 0 Å². The van der Waals surface area contributed by atoms with Gasteiger partial charge in [0.1, 0.15) is 5.03 Å². The highest BCUT2D eigenvalue weighted by molar-refractivity contribution is 7.99. The van der Waals surface area contributed by atoms with Gasteiger partial charge in [0.05, 0.1) is 6.20 Å². The number of aromatic nitrogens is 2. The van der Waals surface area contributed by atoms with Gasteiger partial charge in [-0.1, -0.05) is 23.9 Å². The van der Waals surface area contributed by atoms with Crippen molar-refractivity contribution in [1.82, 2.24) is 9.78 Å². The largest absolute Gasteiger partial charge is 0.380 e. The zero-order valence-corrected chi connectivity index (χ0v) is 9.21. The van der Waals surface area contributed by atoms with E-state index in [0.717, 1.165) is 6.54 Å². The van der Waals surface area contributed by atoms with Crippen molar-refractivity contribution in [2.45, 2.75) is 16.5 Å². The zero-order valence-electron chi connectivity index (χ0n) is 8.40. The van der Waals surface area contributed by atoms with Gasteiger partial charge in [-0.15, -0.1) is 0 Å². The lowest BCUT2D eigenvalue weighted by atomic mass is 10.3. The fourth-order valence-corrected chi connectivity index (χ4v) is 2.76. The minimum absolute atomic E-state index is 0.854. The van der Waals surface area contributed by atoms with Crippen molar-refractivity contribution >= 4 is 17.4 Å². The Labute approximate surface area is 92.5 Å². The first-order valence-corrected chi connectivity index (χ1v) is 5.68. The molecule has 1 aliphatic heterocycles. The molecule has 0 aliphatic carbocycles. The maximum absolute atomic E-state index is 4.27. The second-order valence-corrected chi connectivity index (χ2v) is 4.58. The van der Waals surface area contributed by atoms with E-state index in [9.17, 15) is 0 Å². The van der Waals surface area contributed by atoms with Gasteiger partial charge in [-0.25, -0.2) is 0 Å². The van der Waals surface area contributed by atoms with E-state index in [-0.39, 0.29) is 0 Å². The topological polar surface area (TPSA) is 29.9 Å². The van der Waals surface area contributed by atoms with Crippen molar-refractivity contribution < 1.29 is 0 Å². The Bertz CT molecular complexity index is 504. The van der Waals surface area contributed by atoms with Crippen molar-refractivity contribution in [3.63, 3.8) is 0 Å². The quantitative estimate of drug-likeness (QED) is 0.735. The minimum atomic E-state index is 0.854. The summed E-state index contributed by atoms with van der Waals surface area (Å²) in [4.78, 5) is 1.26. The van der Waals surface area contributed by atoms with E-state index < -0.39 is 0 Å². The number of aryl methyl sites for hydroxylation is 1. The van der Waals surface area contributed by atoms with Crippen LogP contribution in [0.3, 0.4) is 0 Å². The fraction of sp³-hybridized carbons (Fsp3) is 0.182. The molecule has 0 unspecified atom stereocenters. The van der Waals surface area contributed by atoms with Crippen LogP contribution in [0.4, 0.5) is 5.69 Å². The van der Waals surface area contributed by atoms with Crippen molar-refractivity contribution in [3.8, 4) is 0 Å². The molecule has 1 aliphatic rings. The average Bonchev–Trinajstić information content (AvgIpc) is 2.51. The molecule has 15 heavy (non-hydrogen) atoms. The highest BCUT2D eigenvalue weighted by Crippen LogP contribution is 2.37. The first kappa shape index (κ1) is 8.85. The molecular weight excluding hydrogens is 206 g/mol. The lowest BCUT2D eigenvalue weighted by Gasteiger charge is -2.05. The summed E-state index contributed by atoms with van der Waals surface area (Å²) in [5, 5.41) is 8.92. The Morgan fingerprint density at radius 2 is 2.27 bits per heavy atom. The molecule has 2 aromatic rings. The lowest BCUT2D eigenvalue weighted by Crippen LogP contribution is -1.97. The third-order valence-electron chi connectivity index (χ3n) is 2.52. The SMILES string of the molecule is Cn1ncc2c1Sc1ccccc1NC2. The molecule has 0 radical (unpaired) electrons. The smallest absolute Gasteiger partial charge is 0.103 e. The molecule has 0 atom stereocenters. The number of hydrogen-bond donors (Lipinski definition) is 1. The van der Waals surface area contributed by atoms with Gasteiger partial charge < -0.3 is 5.32 Å². The van der Waals surface area contributed by atoms with Crippen LogP contribution < -0.4 is 5.32 Å². The van der Waals surface area contributed by atoms with E-state index in [1.165, 1.54) is 21.2 Å². The molecule has 0 amide bonds. The van der Waals surface area contributed by atoms with Crippen LogP contribution >= 0.6 is 11.8 Å². The van der Waals surface area contributed by atoms with Crippen molar-refractivity contribution in [2.24, 2.45) is 7.05 Å². The third kappa shape index (κ3) is 1.41. The number of nitrogens with one attached hydrogen (secondary N) is 1. The van der Waals surface area contributed by atoms with Crippen LogP contribution in [-0.2, 0) is 13.6 Å². The molecular formula is C11H11N3S. The Morgan fingerprint density at radius 1 is 1.40 bits per heavy atom. The van der Waals surface area contributed by atoms with Gasteiger partial charge in [-0.3, -0.25) is 4.68 Å². The van der Waals surface area contributed by atoms with Crippen LogP contribution in [0, 0.1) is 0 Å². The summed E-state index contributed by atoms with van der Waals surface area (Å²) in [6, 6.07) is 8.37. The van der Waals surface area contributed by atoms with E-state index in [4.69, 9.17) is 0 Å². The van der Waals surface area contributed by atoms with Gasteiger partial charge in [0, 0.05) is 29.7 Å². The Balaban J connectivity index is 2.12. The van der Waals surface area contributed by atoms with Crippen LogP contribution in [0.1, 0.15) is 5.56 Å². The summed E-state index contributed by atoms with van der Waals surface area (Å²) in [6.07, 6.45) is 1.93. The average molecular weight is 217 g/mol. The molecule has 1 aromatic carbocycles. The van der Waals surface area contributed by atoms with E-state index in [2.05, 4.69) is 34.7 Å². The molecule has 0 saturated heterocycles. The van der Waals surface area contributed by atoms with Gasteiger partial charge in [-0.2, -0.15) is 5.10 Å². The Hall–Kier alpha value is -1.42.